The van der Waals surface area contributed by atoms with Crippen molar-refractivity contribution in [2.75, 3.05) is 14.1 Å². The van der Waals surface area contributed by atoms with Crippen LogP contribution < -0.4 is 5.32 Å². The highest BCUT2D eigenvalue weighted by Gasteiger charge is 2.29. The van der Waals surface area contributed by atoms with Crippen LogP contribution in [0.25, 0.3) is 0 Å². The summed E-state index contributed by atoms with van der Waals surface area (Å²) in [4.78, 5) is 12.2. The van der Waals surface area contributed by atoms with Crippen LogP contribution in [0.4, 0.5) is 0 Å². The summed E-state index contributed by atoms with van der Waals surface area (Å²) >= 11 is 1.60. The maximum absolute atomic E-state index is 11.0. The quantitative estimate of drug-likeness (QED) is 0.573. The Morgan fingerprint density at radius 3 is 1.96 bits per heavy atom. The number of fused-ring (bicyclic) bond motifs is 1. The van der Waals surface area contributed by atoms with E-state index in [-0.39, 0.29) is 5.41 Å². The molecule has 3 nitrogen and oxygen atoms in total. The maximum atomic E-state index is 11.0. The second-order valence-electron chi connectivity index (χ2n) is 8.92. The van der Waals surface area contributed by atoms with Crippen molar-refractivity contribution in [3.8, 4) is 12.8 Å². The molecule has 0 aliphatic heterocycles. The van der Waals surface area contributed by atoms with Gasteiger partial charge in [-0.2, -0.15) is 0 Å². The van der Waals surface area contributed by atoms with Gasteiger partial charge in [-0.15, -0.1) is 24.2 Å². The molecule has 0 saturated heterocycles. The first-order valence-electron chi connectivity index (χ1n) is 9.86. The second kappa shape index (κ2) is 12.2. The highest BCUT2D eigenvalue weighted by Crippen LogP contribution is 2.39. The third kappa shape index (κ3) is 9.44. The van der Waals surface area contributed by atoms with Crippen LogP contribution in [0.15, 0.2) is 5.38 Å². The summed E-state index contributed by atoms with van der Waals surface area (Å²) in [6.07, 6.45) is 18.4. The van der Waals surface area contributed by atoms with Gasteiger partial charge in [-0.1, -0.05) is 47.0 Å². The molecule has 0 bridgehead atoms. The first-order valence-corrected chi connectivity index (χ1v) is 10.7. The molecule has 3 rings (SSSR count). The number of rotatable bonds is 1. The summed E-state index contributed by atoms with van der Waals surface area (Å²) in [5.41, 5.74) is 2.55. The lowest BCUT2D eigenvalue weighted by Gasteiger charge is -2.29. The lowest BCUT2D eigenvalue weighted by molar-refractivity contribution is 0.0695. The normalized spacial score (nSPS) is 18.8. The van der Waals surface area contributed by atoms with Crippen LogP contribution >= 0.6 is 11.3 Å². The van der Waals surface area contributed by atoms with Crippen LogP contribution in [-0.2, 0) is 12.8 Å². The topological polar surface area (TPSA) is 49.3 Å². The summed E-state index contributed by atoms with van der Waals surface area (Å²) in [6, 6.07) is 0. The molecule has 0 unspecified atom stereocenters. The maximum Gasteiger partial charge on any atom is 0.336 e. The van der Waals surface area contributed by atoms with Crippen LogP contribution in [0, 0.1) is 23.7 Å². The Morgan fingerprint density at radius 2 is 1.56 bits per heavy atom. The zero-order chi connectivity index (χ0) is 21.1. The number of nitrogens with one attached hydrogen (secondary N) is 1. The Labute approximate surface area is 171 Å². The Bertz CT molecular complexity index is 576. The van der Waals surface area contributed by atoms with Gasteiger partial charge in [-0.25, -0.2) is 4.79 Å². The third-order valence-electron chi connectivity index (χ3n) is 5.10. The number of carbonyl (C=O) groups is 1. The lowest BCUT2D eigenvalue weighted by Crippen LogP contribution is -2.22. The van der Waals surface area contributed by atoms with Gasteiger partial charge in [0.25, 0.3) is 0 Å². The summed E-state index contributed by atoms with van der Waals surface area (Å²) in [6.45, 7) is 9.18. The van der Waals surface area contributed by atoms with Crippen LogP contribution in [0.5, 0.6) is 0 Å². The van der Waals surface area contributed by atoms with E-state index in [4.69, 9.17) is 5.11 Å². The lowest BCUT2D eigenvalue weighted by atomic mass is 9.76. The zero-order valence-electron chi connectivity index (χ0n) is 18.2. The van der Waals surface area contributed by atoms with Gasteiger partial charge in [0.2, 0.25) is 0 Å². The van der Waals surface area contributed by atoms with Crippen LogP contribution in [0.3, 0.4) is 0 Å². The molecule has 1 aromatic rings. The van der Waals surface area contributed by atoms with Gasteiger partial charge < -0.3 is 10.4 Å². The molecule has 1 saturated carbocycles. The molecule has 2 aliphatic rings. The summed E-state index contributed by atoms with van der Waals surface area (Å²) < 4.78 is 0. The number of aryl methyl sites for hydroxylation is 1. The first-order chi connectivity index (χ1) is 12.6. The second-order valence-corrected chi connectivity index (χ2v) is 9.89. The Hall–Kier alpha value is -1.31. The van der Waals surface area contributed by atoms with Crippen molar-refractivity contribution in [1.82, 2.24) is 5.32 Å². The molecule has 0 radical (unpaired) electrons. The molecule has 1 aromatic heterocycles. The van der Waals surface area contributed by atoms with Gasteiger partial charge in [0.15, 0.2) is 0 Å². The van der Waals surface area contributed by atoms with E-state index >= 15 is 0 Å². The molecule has 1 fully saturated rings. The number of thiophene rings is 1. The zero-order valence-corrected chi connectivity index (χ0v) is 19.0. The number of hydrogen-bond donors (Lipinski definition) is 2. The fraction of sp³-hybridized carbons (Fsp3) is 0.696. The largest absolute Gasteiger partial charge is 0.478 e. The van der Waals surface area contributed by atoms with E-state index in [0.29, 0.717) is 11.0 Å². The summed E-state index contributed by atoms with van der Waals surface area (Å²) in [5, 5.41) is 13.5. The van der Waals surface area contributed by atoms with E-state index in [0.717, 1.165) is 18.4 Å². The van der Waals surface area contributed by atoms with Crippen LogP contribution in [0.1, 0.15) is 87.0 Å². The van der Waals surface area contributed by atoms with Crippen molar-refractivity contribution < 1.29 is 9.90 Å². The van der Waals surface area contributed by atoms with Crippen molar-refractivity contribution in [2.45, 2.75) is 79.1 Å². The van der Waals surface area contributed by atoms with Crippen molar-refractivity contribution in [3.63, 3.8) is 0 Å². The molecular formula is C23H39NO2S. The van der Waals surface area contributed by atoms with E-state index in [9.17, 15) is 4.79 Å². The molecule has 0 amide bonds. The van der Waals surface area contributed by atoms with Crippen molar-refractivity contribution in [2.24, 2.45) is 10.8 Å². The molecule has 0 atom stereocenters. The van der Waals surface area contributed by atoms with Gasteiger partial charge in [-0.05, 0) is 62.6 Å². The van der Waals surface area contributed by atoms with Crippen molar-refractivity contribution >= 4 is 17.3 Å². The third-order valence-corrected chi connectivity index (χ3v) is 6.19. The molecule has 2 N–H and O–H groups in total. The highest BCUT2D eigenvalue weighted by atomic mass is 32.1. The van der Waals surface area contributed by atoms with Gasteiger partial charge >= 0.3 is 5.97 Å². The molecule has 1 heterocycles. The van der Waals surface area contributed by atoms with E-state index < -0.39 is 5.97 Å². The molecular weight excluding hydrogens is 354 g/mol. The summed E-state index contributed by atoms with van der Waals surface area (Å²) in [7, 11) is 3.75. The van der Waals surface area contributed by atoms with E-state index in [1.165, 1.54) is 43.4 Å². The van der Waals surface area contributed by atoms with Crippen molar-refractivity contribution in [1.29, 1.82) is 0 Å². The minimum absolute atomic E-state index is 0.262. The first kappa shape index (κ1) is 25.7. The van der Waals surface area contributed by atoms with E-state index in [1.807, 2.05) is 14.1 Å². The van der Waals surface area contributed by atoms with Gasteiger partial charge in [0.05, 0.1) is 5.56 Å². The Balaban J connectivity index is 0.000000442. The van der Waals surface area contributed by atoms with Crippen LogP contribution in [0.2, 0.25) is 0 Å². The highest BCUT2D eigenvalue weighted by molar-refractivity contribution is 7.10. The molecule has 0 aromatic carbocycles. The predicted molar refractivity (Wildman–Crippen MR) is 119 cm³/mol. The number of carboxylic acid groups (broad SMARTS) is 1. The number of carboxylic acids is 1. The predicted octanol–water partition coefficient (Wildman–Crippen LogP) is 6.02. The summed E-state index contributed by atoms with van der Waals surface area (Å²) in [5.74, 6) is -0.778. The Morgan fingerprint density at radius 1 is 1.04 bits per heavy atom. The SMILES string of the molecule is C#C.CC1(C)CCCCC1.CC1(C)CCc2scc(C(=O)O)c2C1.CNC. The fourth-order valence-electron chi connectivity index (χ4n) is 3.53. The fourth-order valence-corrected chi connectivity index (χ4v) is 4.58. The number of hydrogen-bond acceptors (Lipinski definition) is 3. The molecule has 154 valence electrons. The minimum atomic E-state index is -0.778. The van der Waals surface area contributed by atoms with Crippen molar-refractivity contribution in [3.05, 3.63) is 21.4 Å². The van der Waals surface area contributed by atoms with E-state index in [1.54, 1.807) is 16.7 Å². The van der Waals surface area contributed by atoms with Gasteiger partial charge in [0.1, 0.15) is 0 Å². The van der Waals surface area contributed by atoms with Crippen LogP contribution in [-0.4, -0.2) is 25.2 Å². The molecule has 27 heavy (non-hydrogen) atoms. The van der Waals surface area contributed by atoms with Gasteiger partial charge in [0, 0.05) is 10.3 Å². The standard InChI is InChI=1S/C11H14O2S.C8H16.C2H7N.C2H2/c1-11(2)4-3-9-7(5-11)8(6-14-9)10(12)13;1-8(2)6-4-3-5-7-8;1-3-2;1-2/h6H,3-5H2,1-2H3,(H,12,13);3-7H2,1-2H3;3H,1-2H3;1-2H. The van der Waals surface area contributed by atoms with Gasteiger partial charge in [-0.3, -0.25) is 0 Å². The molecule has 4 heteroatoms. The number of aromatic carboxylic acids is 1. The average molecular weight is 394 g/mol. The molecule has 2 aliphatic carbocycles. The monoisotopic (exact) mass is 393 g/mol. The minimum Gasteiger partial charge on any atom is -0.478 e. The Kier molecular flexibility index (Phi) is 11.6. The average Bonchev–Trinajstić information content (AvgIpc) is 2.99. The van der Waals surface area contributed by atoms with E-state index in [2.05, 4.69) is 45.9 Å². The number of terminal acetylenes is 1. The smallest absolute Gasteiger partial charge is 0.336 e. The molecule has 0 spiro atoms.